The normalized spacial score (nSPS) is 10.8. The number of nitrogens with one attached hydrogen (secondary N) is 1. The Morgan fingerprint density at radius 2 is 2.16 bits per heavy atom. The van der Waals surface area contributed by atoms with Gasteiger partial charge >= 0.3 is 0 Å². The van der Waals surface area contributed by atoms with Gasteiger partial charge in [-0.3, -0.25) is 4.79 Å². The van der Waals surface area contributed by atoms with Gasteiger partial charge in [-0.25, -0.2) is 0 Å². The number of nitrogens with zero attached hydrogens (tertiary/aromatic N) is 1. The number of ether oxygens (including phenoxy) is 1. The van der Waals surface area contributed by atoms with Crippen molar-refractivity contribution in [1.29, 1.82) is 0 Å². The van der Waals surface area contributed by atoms with Crippen LogP contribution >= 0.6 is 28.6 Å². The third-order valence-electron chi connectivity index (χ3n) is 2.41. The Bertz CT molecular complexity index is 427. The molecular formula is C13H19BrN2O2S. The molecule has 0 spiro atoms. The molecule has 106 valence electrons. The first-order valence-corrected chi connectivity index (χ1v) is 7.24. The molecule has 1 aromatic rings. The SMILES string of the molecule is CN(C)CCOCCNC(=O)c1cc(S)ccc1Br. The van der Waals surface area contributed by atoms with Crippen molar-refractivity contribution in [3.8, 4) is 0 Å². The summed E-state index contributed by atoms with van der Waals surface area (Å²) in [6, 6.07) is 5.37. The highest BCUT2D eigenvalue weighted by Crippen LogP contribution is 2.19. The zero-order valence-corrected chi connectivity index (χ0v) is 13.6. The van der Waals surface area contributed by atoms with Crippen molar-refractivity contribution in [2.75, 3.05) is 40.4 Å². The minimum absolute atomic E-state index is 0.126. The van der Waals surface area contributed by atoms with E-state index < -0.39 is 0 Å². The molecular weight excluding hydrogens is 328 g/mol. The fourth-order valence-electron chi connectivity index (χ4n) is 1.37. The van der Waals surface area contributed by atoms with E-state index in [4.69, 9.17) is 4.74 Å². The van der Waals surface area contributed by atoms with E-state index in [1.54, 1.807) is 6.07 Å². The topological polar surface area (TPSA) is 41.6 Å². The van der Waals surface area contributed by atoms with Gasteiger partial charge in [0.15, 0.2) is 0 Å². The maximum atomic E-state index is 11.9. The number of rotatable bonds is 7. The molecule has 0 atom stereocenters. The highest BCUT2D eigenvalue weighted by Gasteiger charge is 2.09. The summed E-state index contributed by atoms with van der Waals surface area (Å²) in [4.78, 5) is 14.7. The zero-order valence-electron chi connectivity index (χ0n) is 11.1. The second-order valence-electron chi connectivity index (χ2n) is 4.34. The highest BCUT2D eigenvalue weighted by atomic mass is 79.9. The lowest BCUT2D eigenvalue weighted by Crippen LogP contribution is -2.28. The lowest BCUT2D eigenvalue weighted by molar-refractivity contribution is 0.0899. The number of halogens is 1. The van der Waals surface area contributed by atoms with E-state index in [1.165, 1.54) is 0 Å². The molecule has 0 aromatic heterocycles. The summed E-state index contributed by atoms with van der Waals surface area (Å²) in [5.41, 5.74) is 0.584. The van der Waals surface area contributed by atoms with Gasteiger partial charge in [0.25, 0.3) is 5.91 Å². The Morgan fingerprint density at radius 1 is 1.42 bits per heavy atom. The Balaban J connectivity index is 2.29. The van der Waals surface area contributed by atoms with E-state index in [1.807, 2.05) is 31.1 Å². The van der Waals surface area contributed by atoms with Gasteiger partial charge in [-0.1, -0.05) is 0 Å². The van der Waals surface area contributed by atoms with Crippen LogP contribution in [0.15, 0.2) is 27.6 Å². The number of carbonyl (C=O) groups excluding carboxylic acids is 1. The second kappa shape index (κ2) is 8.58. The predicted molar refractivity (Wildman–Crippen MR) is 83.1 cm³/mol. The van der Waals surface area contributed by atoms with Gasteiger partial charge in [0, 0.05) is 22.5 Å². The first-order chi connectivity index (χ1) is 9.00. The molecule has 1 amide bonds. The Kier molecular flexibility index (Phi) is 7.45. The average Bonchev–Trinajstić information content (AvgIpc) is 2.36. The summed E-state index contributed by atoms with van der Waals surface area (Å²) in [7, 11) is 3.99. The summed E-state index contributed by atoms with van der Waals surface area (Å²) in [5, 5.41) is 2.81. The number of hydrogen-bond donors (Lipinski definition) is 2. The number of likely N-dealkylation sites (N-methyl/N-ethyl adjacent to an activating group) is 1. The smallest absolute Gasteiger partial charge is 0.252 e. The van der Waals surface area contributed by atoms with E-state index in [9.17, 15) is 4.79 Å². The van der Waals surface area contributed by atoms with Crippen LogP contribution < -0.4 is 5.32 Å². The van der Waals surface area contributed by atoms with Crippen molar-refractivity contribution >= 4 is 34.5 Å². The summed E-state index contributed by atoms with van der Waals surface area (Å²) < 4.78 is 6.16. The van der Waals surface area contributed by atoms with Crippen molar-refractivity contribution in [3.05, 3.63) is 28.2 Å². The summed E-state index contributed by atoms with van der Waals surface area (Å²) in [6.07, 6.45) is 0. The van der Waals surface area contributed by atoms with Crippen LogP contribution in [0, 0.1) is 0 Å². The average molecular weight is 347 g/mol. The molecule has 0 aliphatic carbocycles. The van der Waals surface area contributed by atoms with E-state index >= 15 is 0 Å². The molecule has 0 bridgehead atoms. The minimum Gasteiger partial charge on any atom is -0.378 e. The molecule has 0 fully saturated rings. The van der Waals surface area contributed by atoms with E-state index in [-0.39, 0.29) is 5.91 Å². The standard InChI is InChI=1S/C13H19BrN2O2S/c1-16(2)6-8-18-7-5-15-13(17)11-9-10(19)3-4-12(11)14/h3-4,9,19H,5-8H2,1-2H3,(H,15,17). The van der Waals surface area contributed by atoms with Crippen LogP contribution in [0.3, 0.4) is 0 Å². The van der Waals surface area contributed by atoms with Gasteiger partial charge in [-0.2, -0.15) is 0 Å². The molecule has 0 radical (unpaired) electrons. The van der Waals surface area contributed by atoms with E-state index in [0.717, 1.165) is 15.9 Å². The monoisotopic (exact) mass is 346 g/mol. The minimum atomic E-state index is -0.126. The van der Waals surface area contributed by atoms with Crippen molar-refractivity contribution < 1.29 is 9.53 Å². The van der Waals surface area contributed by atoms with Gasteiger partial charge < -0.3 is 15.0 Å². The van der Waals surface area contributed by atoms with Crippen LogP contribution in [0.1, 0.15) is 10.4 Å². The molecule has 4 nitrogen and oxygen atoms in total. The molecule has 1 rings (SSSR count). The summed E-state index contributed by atoms with van der Waals surface area (Å²) in [5.74, 6) is -0.126. The first kappa shape index (κ1) is 16.5. The lowest BCUT2D eigenvalue weighted by Gasteiger charge is -2.10. The summed E-state index contributed by atoms with van der Waals surface area (Å²) in [6.45, 7) is 2.55. The number of thiol groups is 1. The zero-order chi connectivity index (χ0) is 14.3. The molecule has 0 unspecified atom stereocenters. The van der Waals surface area contributed by atoms with Crippen LogP contribution in [0.4, 0.5) is 0 Å². The first-order valence-electron chi connectivity index (χ1n) is 6.00. The quantitative estimate of drug-likeness (QED) is 0.586. The van der Waals surface area contributed by atoms with E-state index in [0.29, 0.717) is 25.3 Å². The Labute approximate surface area is 128 Å². The highest BCUT2D eigenvalue weighted by molar-refractivity contribution is 9.10. The van der Waals surface area contributed by atoms with Crippen molar-refractivity contribution in [3.63, 3.8) is 0 Å². The second-order valence-corrected chi connectivity index (χ2v) is 5.71. The molecule has 19 heavy (non-hydrogen) atoms. The van der Waals surface area contributed by atoms with Gasteiger partial charge in [-0.05, 0) is 48.2 Å². The maximum absolute atomic E-state index is 11.9. The van der Waals surface area contributed by atoms with Gasteiger partial charge in [0.2, 0.25) is 0 Å². The molecule has 0 aliphatic rings. The van der Waals surface area contributed by atoms with Crippen LogP contribution in [-0.2, 0) is 4.74 Å². The molecule has 0 aliphatic heterocycles. The maximum Gasteiger partial charge on any atom is 0.252 e. The molecule has 0 heterocycles. The van der Waals surface area contributed by atoms with Gasteiger partial charge in [0.05, 0.1) is 18.8 Å². The fraction of sp³-hybridized carbons (Fsp3) is 0.462. The molecule has 6 heteroatoms. The Hall–Kier alpha value is -0.560. The van der Waals surface area contributed by atoms with Crippen LogP contribution in [0.5, 0.6) is 0 Å². The van der Waals surface area contributed by atoms with Gasteiger partial charge in [-0.15, -0.1) is 12.6 Å². The predicted octanol–water partition coefficient (Wildman–Crippen LogP) is 2.05. The number of carbonyl (C=O) groups is 1. The number of hydrogen-bond acceptors (Lipinski definition) is 4. The van der Waals surface area contributed by atoms with Crippen LogP contribution in [-0.4, -0.2) is 51.2 Å². The third-order valence-corrected chi connectivity index (χ3v) is 3.38. The molecule has 1 aromatic carbocycles. The van der Waals surface area contributed by atoms with Crippen molar-refractivity contribution in [2.24, 2.45) is 0 Å². The van der Waals surface area contributed by atoms with Crippen molar-refractivity contribution in [2.45, 2.75) is 4.90 Å². The summed E-state index contributed by atoms with van der Waals surface area (Å²) >= 11 is 7.57. The number of amides is 1. The fourth-order valence-corrected chi connectivity index (χ4v) is 2.00. The van der Waals surface area contributed by atoms with Crippen molar-refractivity contribution in [1.82, 2.24) is 10.2 Å². The lowest BCUT2D eigenvalue weighted by atomic mass is 10.2. The van der Waals surface area contributed by atoms with Crippen LogP contribution in [0.25, 0.3) is 0 Å². The molecule has 1 N–H and O–H groups in total. The van der Waals surface area contributed by atoms with Crippen LogP contribution in [0.2, 0.25) is 0 Å². The number of benzene rings is 1. The largest absolute Gasteiger partial charge is 0.378 e. The van der Waals surface area contributed by atoms with E-state index in [2.05, 4.69) is 33.9 Å². The third kappa shape index (κ3) is 6.42. The Morgan fingerprint density at radius 3 is 2.84 bits per heavy atom. The molecule has 0 saturated carbocycles. The van der Waals surface area contributed by atoms with Gasteiger partial charge in [0.1, 0.15) is 0 Å². The molecule has 0 saturated heterocycles.